The number of rotatable bonds is 3. The number of aromatic nitrogens is 1. The molecule has 1 atom stereocenters. The molecule has 1 aromatic heterocycles. The van der Waals surface area contributed by atoms with Crippen LogP contribution in [0.2, 0.25) is 0 Å². The topological polar surface area (TPSA) is 25.2 Å². The first kappa shape index (κ1) is 14.9. The molecule has 0 saturated heterocycles. The van der Waals surface area contributed by atoms with Gasteiger partial charge in [0.25, 0.3) is 0 Å². The van der Waals surface area contributed by atoms with Crippen molar-refractivity contribution in [3.05, 3.63) is 35.5 Å². The van der Waals surface area contributed by atoms with E-state index >= 15 is 0 Å². The number of alkyl halides is 3. The number of nitrogens with zero attached hydrogens (tertiary/aromatic N) is 1. The van der Waals surface area contributed by atoms with Gasteiger partial charge in [-0.3, -0.25) is 0 Å². The second-order valence-electron chi connectivity index (χ2n) is 5.35. The van der Waals surface area contributed by atoms with Crippen molar-refractivity contribution in [1.29, 1.82) is 0 Å². The second-order valence-corrected chi connectivity index (χ2v) is 5.35. The van der Waals surface area contributed by atoms with Crippen LogP contribution in [0.4, 0.5) is 13.2 Å². The summed E-state index contributed by atoms with van der Waals surface area (Å²) in [5.41, 5.74) is 0.667. The number of aliphatic hydroxyl groups excluding tert-OH is 1. The molecule has 0 fully saturated rings. The summed E-state index contributed by atoms with van der Waals surface area (Å²) in [5.74, 6) is -0.203. The van der Waals surface area contributed by atoms with Crippen LogP contribution in [-0.2, 0) is 6.18 Å². The molecule has 0 radical (unpaired) electrons. The third-order valence-electron chi connectivity index (χ3n) is 3.51. The van der Waals surface area contributed by atoms with Crippen LogP contribution in [0.1, 0.15) is 44.0 Å². The number of aliphatic hydroxyl groups is 1. The van der Waals surface area contributed by atoms with Crippen LogP contribution >= 0.6 is 0 Å². The van der Waals surface area contributed by atoms with Crippen LogP contribution in [0, 0.1) is 0 Å². The van der Waals surface area contributed by atoms with Crippen molar-refractivity contribution >= 4 is 10.9 Å². The molecule has 0 amide bonds. The van der Waals surface area contributed by atoms with E-state index in [0.717, 1.165) is 11.8 Å². The van der Waals surface area contributed by atoms with E-state index in [2.05, 4.69) is 0 Å². The Morgan fingerprint density at radius 1 is 1.20 bits per heavy atom. The molecule has 2 rings (SSSR count). The number of halogens is 3. The monoisotopic (exact) mass is 285 g/mol. The zero-order valence-electron chi connectivity index (χ0n) is 11.7. The third kappa shape index (κ3) is 2.42. The highest BCUT2D eigenvalue weighted by atomic mass is 19.4. The summed E-state index contributed by atoms with van der Waals surface area (Å²) in [5, 5.41) is 9.51. The Labute approximate surface area is 115 Å². The number of hydrogen-bond acceptors (Lipinski definition) is 1. The molecule has 0 aliphatic carbocycles. The Morgan fingerprint density at radius 3 is 2.35 bits per heavy atom. The highest BCUT2D eigenvalue weighted by molar-refractivity contribution is 5.85. The smallest absolute Gasteiger partial charge is 0.396 e. The summed E-state index contributed by atoms with van der Waals surface area (Å²) in [6, 6.07) is 5.80. The van der Waals surface area contributed by atoms with Gasteiger partial charge in [-0.1, -0.05) is 13.0 Å². The van der Waals surface area contributed by atoms with Gasteiger partial charge in [0.2, 0.25) is 0 Å². The van der Waals surface area contributed by atoms with Gasteiger partial charge in [-0.05, 0) is 32.0 Å². The van der Waals surface area contributed by atoms with E-state index in [1.54, 1.807) is 19.1 Å². The van der Waals surface area contributed by atoms with Crippen molar-refractivity contribution < 1.29 is 18.3 Å². The van der Waals surface area contributed by atoms with Crippen LogP contribution in [0.15, 0.2) is 24.3 Å². The van der Waals surface area contributed by atoms with Gasteiger partial charge in [0, 0.05) is 28.6 Å². The average molecular weight is 285 g/mol. The lowest BCUT2D eigenvalue weighted by Gasteiger charge is -2.18. The molecular weight excluding hydrogens is 267 g/mol. The van der Waals surface area contributed by atoms with Crippen molar-refractivity contribution in [2.75, 3.05) is 6.61 Å². The molecule has 5 heteroatoms. The minimum Gasteiger partial charge on any atom is -0.396 e. The molecule has 1 aromatic carbocycles. The summed E-state index contributed by atoms with van der Waals surface area (Å²) in [6.45, 7) is 5.56. The molecule has 2 aromatic rings. The predicted octanol–water partition coefficient (Wildman–Crippen LogP) is 4.34. The molecular formula is C15H18F3NO. The summed E-state index contributed by atoms with van der Waals surface area (Å²) < 4.78 is 41.1. The maximum Gasteiger partial charge on any atom is 0.417 e. The first-order valence-electron chi connectivity index (χ1n) is 6.59. The van der Waals surface area contributed by atoms with Crippen molar-refractivity contribution in [2.45, 2.75) is 38.9 Å². The molecule has 0 spiro atoms. The van der Waals surface area contributed by atoms with E-state index in [-0.39, 0.29) is 24.0 Å². The van der Waals surface area contributed by atoms with Crippen LogP contribution < -0.4 is 0 Å². The molecule has 2 nitrogen and oxygen atoms in total. The zero-order valence-corrected chi connectivity index (χ0v) is 11.7. The van der Waals surface area contributed by atoms with Crippen molar-refractivity contribution in [1.82, 2.24) is 4.57 Å². The Morgan fingerprint density at radius 2 is 1.85 bits per heavy atom. The Hall–Kier alpha value is -1.49. The second kappa shape index (κ2) is 5.13. The molecule has 0 aliphatic heterocycles. The fourth-order valence-corrected chi connectivity index (χ4v) is 2.57. The summed E-state index contributed by atoms with van der Waals surface area (Å²) in [6.07, 6.45) is -4.37. The minimum absolute atomic E-state index is 0.0278. The Kier molecular flexibility index (Phi) is 3.82. The van der Waals surface area contributed by atoms with Gasteiger partial charge in [-0.2, -0.15) is 13.2 Å². The molecule has 1 heterocycles. The summed E-state index contributed by atoms with van der Waals surface area (Å²) >= 11 is 0. The molecule has 0 aliphatic rings. The number of benzene rings is 1. The first-order chi connectivity index (χ1) is 9.27. The Bertz CT molecular complexity index is 613. The van der Waals surface area contributed by atoms with Crippen LogP contribution in [0.3, 0.4) is 0 Å². The van der Waals surface area contributed by atoms with Crippen molar-refractivity contribution in [3.8, 4) is 0 Å². The zero-order chi connectivity index (χ0) is 15.1. The standard InChI is InChI=1S/C15H18F3NO/c1-9(2)19-13-6-4-5-12(15(16,17)18)11(13)7-14(19)10(3)8-20/h4-7,9-10,20H,8H2,1-3H3. The largest absolute Gasteiger partial charge is 0.417 e. The summed E-state index contributed by atoms with van der Waals surface area (Å²) in [4.78, 5) is 0. The van der Waals surface area contributed by atoms with Gasteiger partial charge < -0.3 is 9.67 Å². The van der Waals surface area contributed by atoms with Gasteiger partial charge in [0.05, 0.1) is 12.2 Å². The Balaban J connectivity index is 2.80. The number of hydrogen-bond donors (Lipinski definition) is 1. The van der Waals surface area contributed by atoms with E-state index in [4.69, 9.17) is 0 Å². The maximum atomic E-state index is 13.1. The lowest BCUT2D eigenvalue weighted by atomic mass is 10.1. The molecule has 20 heavy (non-hydrogen) atoms. The maximum absolute atomic E-state index is 13.1. The van der Waals surface area contributed by atoms with Gasteiger partial charge >= 0.3 is 6.18 Å². The molecule has 1 N–H and O–H groups in total. The highest BCUT2D eigenvalue weighted by Gasteiger charge is 2.33. The normalized spacial score (nSPS) is 14.2. The van der Waals surface area contributed by atoms with Gasteiger partial charge in [-0.25, -0.2) is 0 Å². The quantitative estimate of drug-likeness (QED) is 0.891. The van der Waals surface area contributed by atoms with Crippen LogP contribution in [-0.4, -0.2) is 16.3 Å². The molecule has 0 saturated carbocycles. The average Bonchev–Trinajstić information content (AvgIpc) is 2.75. The van der Waals surface area contributed by atoms with E-state index in [9.17, 15) is 18.3 Å². The molecule has 1 unspecified atom stereocenters. The van der Waals surface area contributed by atoms with Crippen molar-refractivity contribution in [2.24, 2.45) is 0 Å². The van der Waals surface area contributed by atoms with E-state index in [1.165, 1.54) is 6.07 Å². The van der Waals surface area contributed by atoms with Gasteiger partial charge in [-0.15, -0.1) is 0 Å². The summed E-state index contributed by atoms with van der Waals surface area (Å²) in [7, 11) is 0. The van der Waals surface area contributed by atoms with E-state index < -0.39 is 11.7 Å². The first-order valence-corrected chi connectivity index (χ1v) is 6.59. The fourth-order valence-electron chi connectivity index (χ4n) is 2.57. The predicted molar refractivity (Wildman–Crippen MR) is 72.8 cm³/mol. The van der Waals surface area contributed by atoms with Crippen LogP contribution in [0.25, 0.3) is 10.9 Å². The minimum atomic E-state index is -4.37. The van der Waals surface area contributed by atoms with Crippen LogP contribution in [0.5, 0.6) is 0 Å². The lowest BCUT2D eigenvalue weighted by molar-refractivity contribution is -0.136. The van der Waals surface area contributed by atoms with E-state index in [0.29, 0.717) is 5.52 Å². The SMILES string of the molecule is CC(CO)c1cc2c(C(F)(F)F)cccc2n1C(C)C. The van der Waals surface area contributed by atoms with Gasteiger partial charge in [0.15, 0.2) is 0 Å². The lowest BCUT2D eigenvalue weighted by Crippen LogP contribution is -2.10. The van der Waals surface area contributed by atoms with Gasteiger partial charge in [0.1, 0.15) is 0 Å². The third-order valence-corrected chi connectivity index (χ3v) is 3.51. The number of fused-ring (bicyclic) bond motifs is 1. The molecule has 110 valence electrons. The van der Waals surface area contributed by atoms with Crippen molar-refractivity contribution in [3.63, 3.8) is 0 Å². The highest BCUT2D eigenvalue weighted by Crippen LogP contribution is 2.38. The fraction of sp³-hybridized carbons (Fsp3) is 0.467. The molecule has 0 bridgehead atoms. The van der Waals surface area contributed by atoms with E-state index in [1.807, 2.05) is 18.4 Å².